The minimum Gasteiger partial charge on any atom is -0.407 e. The Morgan fingerprint density at radius 3 is 1.78 bits per heavy atom. The van der Waals surface area contributed by atoms with Crippen LogP contribution in [0.5, 0.6) is 0 Å². The zero-order valence-corrected chi connectivity index (χ0v) is 18.4. The lowest BCUT2D eigenvalue weighted by atomic mass is 9.94. The van der Waals surface area contributed by atoms with Crippen molar-refractivity contribution in [3.63, 3.8) is 0 Å². The van der Waals surface area contributed by atoms with E-state index in [1.807, 2.05) is 13.0 Å². The Kier molecular flexibility index (Phi) is 7.21. The van der Waals surface area contributed by atoms with Crippen molar-refractivity contribution < 1.29 is 9.53 Å². The third-order valence-electron chi connectivity index (χ3n) is 5.47. The van der Waals surface area contributed by atoms with Gasteiger partial charge in [-0.2, -0.15) is 0 Å². The normalized spacial score (nSPS) is 15.8. The predicted molar refractivity (Wildman–Crippen MR) is 118 cm³/mol. The Morgan fingerprint density at radius 1 is 0.963 bits per heavy atom. The summed E-state index contributed by atoms with van der Waals surface area (Å²) in [5.41, 5.74) is 0. The molecule has 0 spiro atoms. The van der Waals surface area contributed by atoms with Crippen LogP contribution >= 0.6 is 0 Å². The number of hydrogen-bond acceptors (Lipinski definition) is 2. The molecule has 3 heteroatoms. The van der Waals surface area contributed by atoms with Crippen molar-refractivity contribution in [2.75, 3.05) is 6.61 Å². The van der Waals surface area contributed by atoms with E-state index in [2.05, 4.69) is 94.9 Å². The lowest BCUT2D eigenvalue weighted by Gasteiger charge is -2.44. The van der Waals surface area contributed by atoms with Gasteiger partial charge in [-0.15, -0.1) is 6.58 Å². The lowest BCUT2D eigenvalue weighted by molar-refractivity contribution is 0.0550. The van der Waals surface area contributed by atoms with Crippen LogP contribution in [-0.2, 0) is 4.43 Å². The molecule has 0 saturated carbocycles. The second-order valence-corrected chi connectivity index (χ2v) is 12.8. The van der Waals surface area contributed by atoms with Gasteiger partial charge in [-0.05, 0) is 15.4 Å². The highest BCUT2D eigenvalue weighted by Crippen LogP contribution is 2.37. The molecular weight excluding hydrogens is 348 g/mol. The number of hydrogen-bond donors (Lipinski definition) is 1. The van der Waals surface area contributed by atoms with Gasteiger partial charge in [-0.3, -0.25) is 0 Å². The molecule has 146 valence electrons. The third kappa shape index (κ3) is 4.60. The van der Waals surface area contributed by atoms with Crippen molar-refractivity contribution >= 4 is 18.7 Å². The molecule has 2 rings (SSSR count). The molecule has 0 unspecified atom stereocenters. The second-order valence-electron chi connectivity index (χ2n) is 8.54. The Labute approximate surface area is 166 Å². The molecule has 3 atom stereocenters. The van der Waals surface area contributed by atoms with Gasteiger partial charge in [0.25, 0.3) is 8.32 Å². The average molecular weight is 383 g/mol. The van der Waals surface area contributed by atoms with Gasteiger partial charge in [0.15, 0.2) is 0 Å². The van der Waals surface area contributed by atoms with E-state index in [-0.39, 0.29) is 16.9 Å². The van der Waals surface area contributed by atoms with E-state index in [1.54, 1.807) is 0 Å². The fraction of sp³-hybridized carbons (Fsp3) is 0.417. The number of rotatable bonds is 8. The predicted octanol–water partition coefficient (Wildman–Crippen LogP) is 4.38. The number of benzene rings is 2. The van der Waals surface area contributed by atoms with Crippen LogP contribution in [0.1, 0.15) is 34.6 Å². The highest BCUT2D eigenvalue weighted by atomic mass is 28.4. The molecule has 0 heterocycles. The maximum atomic E-state index is 10.6. The molecule has 2 aromatic carbocycles. The number of aliphatic hydroxyl groups excluding tert-OH is 1. The van der Waals surface area contributed by atoms with Crippen molar-refractivity contribution in [2.45, 2.75) is 45.8 Å². The average Bonchev–Trinajstić information content (AvgIpc) is 2.67. The van der Waals surface area contributed by atoms with E-state index < -0.39 is 14.4 Å². The quantitative estimate of drug-likeness (QED) is 0.542. The van der Waals surface area contributed by atoms with Gasteiger partial charge in [-0.1, -0.05) is 101 Å². The van der Waals surface area contributed by atoms with Gasteiger partial charge in [0.2, 0.25) is 0 Å². The molecule has 0 aliphatic heterocycles. The molecule has 0 saturated heterocycles. The summed E-state index contributed by atoms with van der Waals surface area (Å²) in [4.78, 5) is 0. The summed E-state index contributed by atoms with van der Waals surface area (Å²) in [5.74, 6) is 0.0717. The lowest BCUT2D eigenvalue weighted by Crippen LogP contribution is -2.67. The first kappa shape index (κ1) is 21.6. The van der Waals surface area contributed by atoms with E-state index in [9.17, 15) is 5.11 Å². The molecule has 0 radical (unpaired) electrons. The van der Waals surface area contributed by atoms with Crippen LogP contribution in [0.25, 0.3) is 0 Å². The van der Waals surface area contributed by atoms with Gasteiger partial charge in [0.1, 0.15) is 0 Å². The fourth-order valence-corrected chi connectivity index (χ4v) is 8.44. The minimum atomic E-state index is -2.54. The van der Waals surface area contributed by atoms with Crippen molar-refractivity contribution in [2.24, 2.45) is 11.8 Å². The zero-order chi connectivity index (χ0) is 20.1. The van der Waals surface area contributed by atoms with Crippen LogP contribution in [0.15, 0.2) is 73.3 Å². The molecular formula is C24H34O2Si. The molecule has 1 N–H and O–H groups in total. The Morgan fingerprint density at radius 2 is 1.41 bits per heavy atom. The molecule has 2 nitrogen and oxygen atoms in total. The summed E-state index contributed by atoms with van der Waals surface area (Å²) < 4.78 is 6.89. The van der Waals surface area contributed by atoms with Crippen LogP contribution in [0, 0.1) is 11.8 Å². The largest absolute Gasteiger partial charge is 0.407 e. The van der Waals surface area contributed by atoms with Crippen LogP contribution in [-0.4, -0.2) is 26.1 Å². The highest BCUT2D eigenvalue weighted by Gasteiger charge is 2.50. The summed E-state index contributed by atoms with van der Waals surface area (Å²) in [6, 6.07) is 21.2. The van der Waals surface area contributed by atoms with Gasteiger partial charge in [-0.25, -0.2) is 0 Å². The summed E-state index contributed by atoms with van der Waals surface area (Å²) in [7, 11) is -2.54. The van der Waals surface area contributed by atoms with Gasteiger partial charge >= 0.3 is 0 Å². The van der Waals surface area contributed by atoms with Crippen molar-refractivity contribution in [1.82, 2.24) is 0 Å². The van der Waals surface area contributed by atoms with Gasteiger partial charge < -0.3 is 9.53 Å². The molecule has 2 aromatic rings. The number of aliphatic hydroxyl groups is 1. The van der Waals surface area contributed by atoms with Gasteiger partial charge in [0.05, 0.1) is 6.10 Å². The monoisotopic (exact) mass is 382 g/mol. The topological polar surface area (TPSA) is 29.5 Å². The van der Waals surface area contributed by atoms with Gasteiger partial charge in [0, 0.05) is 18.4 Å². The van der Waals surface area contributed by atoms with Crippen LogP contribution in [0.3, 0.4) is 0 Å². The maximum Gasteiger partial charge on any atom is 0.261 e. The van der Waals surface area contributed by atoms with Crippen molar-refractivity contribution in [3.8, 4) is 0 Å². The molecule has 0 amide bonds. The highest BCUT2D eigenvalue weighted by molar-refractivity contribution is 6.99. The molecule has 0 aromatic heterocycles. The first-order valence-corrected chi connectivity index (χ1v) is 11.7. The third-order valence-corrected chi connectivity index (χ3v) is 10.5. The molecule has 0 bridgehead atoms. The minimum absolute atomic E-state index is 0.0275. The summed E-state index contributed by atoms with van der Waals surface area (Å²) in [5, 5.41) is 13.1. The first-order chi connectivity index (χ1) is 12.7. The first-order valence-electron chi connectivity index (χ1n) is 9.79. The summed E-state index contributed by atoms with van der Waals surface area (Å²) >= 11 is 0. The SMILES string of the molecule is C=C[C@@H](C)[C@@H](O)[C@H](C)CO[Si](c1ccccc1)(c1ccccc1)C(C)(C)C. The van der Waals surface area contributed by atoms with Crippen molar-refractivity contribution in [1.29, 1.82) is 0 Å². The Balaban J connectivity index is 2.48. The smallest absolute Gasteiger partial charge is 0.261 e. The molecule has 0 fully saturated rings. The maximum absolute atomic E-state index is 10.6. The van der Waals surface area contributed by atoms with E-state index in [0.717, 1.165) is 0 Å². The molecule has 27 heavy (non-hydrogen) atoms. The van der Waals surface area contributed by atoms with Crippen LogP contribution in [0.2, 0.25) is 5.04 Å². The van der Waals surface area contributed by atoms with E-state index in [1.165, 1.54) is 10.4 Å². The Hall–Kier alpha value is -1.68. The Bertz CT molecular complexity index is 667. The van der Waals surface area contributed by atoms with E-state index in [0.29, 0.717) is 6.61 Å². The summed E-state index contributed by atoms with van der Waals surface area (Å²) in [6.45, 7) is 15.2. The second kappa shape index (κ2) is 9.00. The molecule has 0 aliphatic carbocycles. The fourth-order valence-electron chi connectivity index (χ4n) is 3.77. The molecule has 0 aliphatic rings. The van der Waals surface area contributed by atoms with Crippen LogP contribution in [0.4, 0.5) is 0 Å². The van der Waals surface area contributed by atoms with E-state index >= 15 is 0 Å². The summed E-state index contributed by atoms with van der Waals surface area (Å²) in [6.07, 6.45) is 1.35. The van der Waals surface area contributed by atoms with Crippen molar-refractivity contribution in [3.05, 3.63) is 73.3 Å². The van der Waals surface area contributed by atoms with E-state index in [4.69, 9.17) is 4.43 Å². The standard InChI is InChI=1S/C24H34O2Si/c1-7-19(2)23(25)20(3)18-26-27(24(4,5)6,21-14-10-8-11-15-21)22-16-12-9-13-17-22/h7-17,19-20,23,25H,1,18H2,2-6H3/t19-,20-,23-/m1/s1. The zero-order valence-electron chi connectivity index (χ0n) is 17.4. The van der Waals surface area contributed by atoms with Crippen LogP contribution < -0.4 is 10.4 Å².